The lowest BCUT2D eigenvalue weighted by Gasteiger charge is -2.40. The number of piperazine rings is 1. The van der Waals surface area contributed by atoms with Crippen molar-refractivity contribution in [3.63, 3.8) is 0 Å². The van der Waals surface area contributed by atoms with Crippen molar-refractivity contribution < 1.29 is 9.18 Å². The fourth-order valence-electron chi connectivity index (χ4n) is 4.81. The minimum Gasteiger partial charge on any atom is -0.350 e. The van der Waals surface area contributed by atoms with Crippen LogP contribution in [0.25, 0.3) is 22.0 Å². The van der Waals surface area contributed by atoms with E-state index in [0.29, 0.717) is 37.0 Å². The number of carbonyl (C=O) groups excluding carboxylic acids is 1. The van der Waals surface area contributed by atoms with Crippen molar-refractivity contribution in [1.29, 1.82) is 0 Å². The predicted molar refractivity (Wildman–Crippen MR) is 135 cm³/mol. The minimum absolute atomic E-state index is 0.0413. The molecule has 1 unspecified atom stereocenters. The number of hydrogen-bond donors (Lipinski definition) is 0. The van der Waals surface area contributed by atoms with Gasteiger partial charge in [-0.05, 0) is 48.9 Å². The summed E-state index contributed by atoms with van der Waals surface area (Å²) in [7, 11) is 0. The second kappa shape index (κ2) is 9.07. The summed E-state index contributed by atoms with van der Waals surface area (Å²) in [6.45, 7) is 7.75. The Kier molecular flexibility index (Phi) is 6.12. The van der Waals surface area contributed by atoms with Gasteiger partial charge in [0.1, 0.15) is 11.6 Å². The normalized spacial score (nSPS) is 18.1. The van der Waals surface area contributed by atoms with Gasteiger partial charge in [-0.2, -0.15) is 4.98 Å². The molecule has 1 saturated heterocycles. The van der Waals surface area contributed by atoms with E-state index < -0.39 is 0 Å². The lowest BCUT2D eigenvalue weighted by molar-refractivity contribution is -0.126. The summed E-state index contributed by atoms with van der Waals surface area (Å²) in [5.74, 6) is 1.01. The van der Waals surface area contributed by atoms with E-state index in [4.69, 9.17) is 11.6 Å². The SMILES string of the molecule is C=CC(=O)N1CCN(c2nc(=O)n3c4c(c(-c5ccc(F)cc5)c(Cl)cc24)SCCC3)C(C)C1. The predicted octanol–water partition coefficient (Wildman–Crippen LogP) is 4.57. The molecule has 0 spiro atoms. The summed E-state index contributed by atoms with van der Waals surface area (Å²) < 4.78 is 15.3. The molecule has 176 valence electrons. The largest absolute Gasteiger partial charge is 0.350 e. The molecule has 2 aliphatic rings. The molecule has 0 aliphatic carbocycles. The summed E-state index contributed by atoms with van der Waals surface area (Å²) in [6.07, 6.45) is 2.15. The van der Waals surface area contributed by atoms with Gasteiger partial charge in [0.2, 0.25) is 5.91 Å². The molecule has 6 nitrogen and oxygen atoms in total. The number of benzene rings is 2. The Morgan fingerprint density at radius 3 is 2.74 bits per heavy atom. The molecule has 0 saturated carbocycles. The van der Waals surface area contributed by atoms with Gasteiger partial charge in [-0.3, -0.25) is 9.36 Å². The van der Waals surface area contributed by atoms with Crippen molar-refractivity contribution >= 4 is 46.0 Å². The van der Waals surface area contributed by atoms with E-state index in [1.165, 1.54) is 18.2 Å². The second-order valence-electron chi connectivity index (χ2n) is 8.57. The monoisotopic (exact) mass is 498 g/mol. The van der Waals surface area contributed by atoms with Crippen molar-refractivity contribution in [2.45, 2.75) is 30.8 Å². The highest BCUT2D eigenvalue weighted by atomic mass is 35.5. The van der Waals surface area contributed by atoms with E-state index in [1.54, 1.807) is 33.4 Å². The molecular weight excluding hydrogens is 475 g/mol. The molecule has 1 aromatic heterocycles. The zero-order valence-electron chi connectivity index (χ0n) is 18.8. The molecule has 5 rings (SSSR count). The maximum atomic E-state index is 13.6. The first-order chi connectivity index (χ1) is 16.4. The Morgan fingerprint density at radius 1 is 1.26 bits per heavy atom. The third-order valence-corrected chi connectivity index (χ3v) is 7.92. The van der Waals surface area contributed by atoms with E-state index >= 15 is 0 Å². The van der Waals surface area contributed by atoms with Gasteiger partial charge in [0, 0.05) is 48.1 Å². The van der Waals surface area contributed by atoms with Crippen LogP contribution in [0.1, 0.15) is 13.3 Å². The molecule has 9 heteroatoms. The number of nitrogens with zero attached hydrogens (tertiary/aromatic N) is 4. The molecule has 0 bridgehead atoms. The number of aromatic nitrogens is 2. The van der Waals surface area contributed by atoms with Crippen LogP contribution in [0.4, 0.5) is 10.2 Å². The van der Waals surface area contributed by atoms with Gasteiger partial charge in [-0.25, -0.2) is 9.18 Å². The van der Waals surface area contributed by atoms with Crippen LogP contribution in [0, 0.1) is 5.82 Å². The van der Waals surface area contributed by atoms with Crippen LogP contribution in [-0.4, -0.2) is 51.8 Å². The Bertz CT molecular complexity index is 1360. The summed E-state index contributed by atoms with van der Waals surface area (Å²) in [6, 6.07) is 8.10. The van der Waals surface area contributed by atoms with Gasteiger partial charge in [0.15, 0.2) is 0 Å². The number of hydrogen-bond acceptors (Lipinski definition) is 5. The van der Waals surface area contributed by atoms with Gasteiger partial charge < -0.3 is 9.80 Å². The number of halogens is 2. The summed E-state index contributed by atoms with van der Waals surface area (Å²) in [4.78, 5) is 34.6. The molecule has 2 aliphatic heterocycles. The fourth-order valence-corrected chi connectivity index (χ4v) is 6.39. The number of aryl methyl sites for hydroxylation is 1. The number of anilines is 1. The van der Waals surface area contributed by atoms with Crippen molar-refractivity contribution in [2.75, 3.05) is 30.3 Å². The standard InChI is InChI=1S/C25H24ClFN4O2S/c1-3-20(32)29-10-11-30(15(2)14-29)24-18-13-19(26)21(16-5-7-17(27)8-6-16)23-22(18)31(25(33)28-24)9-4-12-34-23/h3,5-8,13,15H,1,4,9-12,14H2,2H3. The minimum atomic E-state index is -0.314. The Balaban J connectivity index is 1.71. The van der Waals surface area contributed by atoms with Crippen LogP contribution in [0.2, 0.25) is 5.02 Å². The van der Waals surface area contributed by atoms with Crippen LogP contribution in [0.5, 0.6) is 0 Å². The number of carbonyl (C=O) groups is 1. The first-order valence-electron chi connectivity index (χ1n) is 11.2. The van der Waals surface area contributed by atoms with E-state index in [9.17, 15) is 14.0 Å². The van der Waals surface area contributed by atoms with Crippen molar-refractivity contribution in [3.05, 3.63) is 64.3 Å². The third kappa shape index (κ3) is 3.88. The Labute approximate surface area is 206 Å². The zero-order chi connectivity index (χ0) is 24.0. The molecule has 1 amide bonds. The summed E-state index contributed by atoms with van der Waals surface area (Å²) in [5.41, 5.74) is 2.13. The van der Waals surface area contributed by atoms with Crippen LogP contribution >= 0.6 is 23.4 Å². The zero-order valence-corrected chi connectivity index (χ0v) is 20.3. The van der Waals surface area contributed by atoms with Crippen LogP contribution in [0.3, 0.4) is 0 Å². The first kappa shape index (κ1) is 22.9. The van der Waals surface area contributed by atoms with Crippen LogP contribution < -0.4 is 10.6 Å². The molecule has 1 fully saturated rings. The Hall–Kier alpha value is -2.84. The fraction of sp³-hybridized carbons (Fsp3) is 0.320. The maximum absolute atomic E-state index is 13.6. The smallest absolute Gasteiger partial charge is 0.350 e. The van der Waals surface area contributed by atoms with Gasteiger partial charge in [0.25, 0.3) is 0 Å². The molecule has 3 heterocycles. The lowest BCUT2D eigenvalue weighted by Crippen LogP contribution is -2.54. The Morgan fingerprint density at radius 2 is 2.03 bits per heavy atom. The van der Waals surface area contributed by atoms with E-state index in [0.717, 1.165) is 39.1 Å². The number of rotatable bonds is 3. The molecular formula is C25H24ClFN4O2S. The number of thioether (sulfide) groups is 1. The van der Waals surface area contributed by atoms with E-state index in [1.807, 2.05) is 13.0 Å². The lowest BCUT2D eigenvalue weighted by atomic mass is 10.0. The molecule has 0 radical (unpaired) electrons. The van der Waals surface area contributed by atoms with Gasteiger partial charge in [-0.15, -0.1) is 11.8 Å². The van der Waals surface area contributed by atoms with Gasteiger partial charge in [0.05, 0.1) is 10.5 Å². The van der Waals surface area contributed by atoms with Gasteiger partial charge in [-0.1, -0.05) is 30.3 Å². The first-order valence-corrected chi connectivity index (χ1v) is 12.6. The molecule has 2 aromatic carbocycles. The van der Waals surface area contributed by atoms with Crippen molar-refractivity contribution in [2.24, 2.45) is 0 Å². The van der Waals surface area contributed by atoms with Crippen LogP contribution in [0.15, 0.2) is 52.7 Å². The van der Waals surface area contributed by atoms with E-state index in [-0.39, 0.29) is 23.5 Å². The third-order valence-electron chi connectivity index (χ3n) is 6.44. The van der Waals surface area contributed by atoms with Crippen molar-refractivity contribution in [3.8, 4) is 11.1 Å². The second-order valence-corrected chi connectivity index (χ2v) is 10.1. The van der Waals surface area contributed by atoms with Gasteiger partial charge >= 0.3 is 5.69 Å². The molecule has 3 aromatic rings. The molecule has 0 N–H and O–H groups in total. The highest BCUT2D eigenvalue weighted by Crippen LogP contribution is 2.45. The average Bonchev–Trinajstić information content (AvgIpc) is 3.05. The molecule has 1 atom stereocenters. The quantitative estimate of drug-likeness (QED) is 0.495. The highest BCUT2D eigenvalue weighted by molar-refractivity contribution is 7.99. The van der Waals surface area contributed by atoms with Crippen LogP contribution in [-0.2, 0) is 11.3 Å². The van der Waals surface area contributed by atoms with E-state index in [2.05, 4.69) is 16.5 Å². The summed E-state index contributed by atoms with van der Waals surface area (Å²) >= 11 is 8.52. The molecule has 34 heavy (non-hydrogen) atoms. The number of amides is 1. The topological polar surface area (TPSA) is 58.4 Å². The summed E-state index contributed by atoms with van der Waals surface area (Å²) in [5, 5.41) is 1.35. The average molecular weight is 499 g/mol. The maximum Gasteiger partial charge on any atom is 0.350 e. The van der Waals surface area contributed by atoms with Crippen molar-refractivity contribution in [1.82, 2.24) is 14.5 Å². The highest BCUT2D eigenvalue weighted by Gasteiger charge is 2.30.